The Labute approximate surface area is 221 Å². The number of allylic oxidation sites excluding steroid dienone is 1. The Morgan fingerprint density at radius 1 is 0.711 bits per heavy atom. The fraction of sp³-hybridized carbons (Fsp3) is 0.0882. The highest BCUT2D eigenvalue weighted by atomic mass is 15.0. The van der Waals surface area contributed by atoms with E-state index in [2.05, 4.69) is 72.2 Å². The quantitative estimate of drug-likeness (QED) is 0.260. The summed E-state index contributed by atoms with van der Waals surface area (Å²) < 4.78 is 2.23. The lowest BCUT2D eigenvalue weighted by Gasteiger charge is -2.15. The number of fused-ring (bicyclic) bond motifs is 3. The van der Waals surface area contributed by atoms with Crippen LogP contribution in [0.1, 0.15) is 34.4 Å². The number of nitriles is 3. The predicted molar refractivity (Wildman–Crippen MR) is 150 cm³/mol. The molecular formula is C34H22N4. The van der Waals surface area contributed by atoms with E-state index in [0.29, 0.717) is 17.5 Å². The molecule has 5 aromatic rings. The zero-order valence-corrected chi connectivity index (χ0v) is 20.9. The Balaban J connectivity index is 1.44. The van der Waals surface area contributed by atoms with Gasteiger partial charge < -0.3 is 4.57 Å². The summed E-state index contributed by atoms with van der Waals surface area (Å²) in [6, 6.07) is 35.2. The molecule has 38 heavy (non-hydrogen) atoms. The molecule has 0 aliphatic heterocycles. The first-order chi connectivity index (χ1) is 18.6. The van der Waals surface area contributed by atoms with Crippen molar-refractivity contribution in [3.63, 3.8) is 0 Å². The lowest BCUT2D eigenvalue weighted by molar-refractivity contribution is 0.871. The lowest BCUT2D eigenvalue weighted by atomic mass is 9.93. The van der Waals surface area contributed by atoms with Gasteiger partial charge in [-0.15, -0.1) is 0 Å². The highest BCUT2D eigenvalue weighted by Gasteiger charge is 2.21. The number of aromatic nitrogens is 1. The van der Waals surface area contributed by atoms with Crippen LogP contribution in [0.4, 0.5) is 0 Å². The summed E-state index contributed by atoms with van der Waals surface area (Å²) in [5, 5.41) is 29.9. The summed E-state index contributed by atoms with van der Waals surface area (Å²) in [5.74, 6) is 0. The van der Waals surface area contributed by atoms with Gasteiger partial charge >= 0.3 is 0 Å². The number of nitrogens with zero attached hydrogens (tertiary/aromatic N) is 4. The van der Waals surface area contributed by atoms with Crippen molar-refractivity contribution in [1.82, 2.24) is 4.57 Å². The summed E-state index contributed by atoms with van der Waals surface area (Å²) in [7, 11) is 0. The molecule has 1 heterocycles. The SMILES string of the molecule is Cc1ccccc1-c1ccc(-c2ccc(-n3c4c(c5cc(C#N)ccc53)C=C(C#N)CC4)cc2)c(C#N)c1. The van der Waals surface area contributed by atoms with Gasteiger partial charge in [-0.2, -0.15) is 15.8 Å². The Bertz CT molecular complexity index is 1900. The van der Waals surface area contributed by atoms with Crippen LogP contribution in [0.3, 0.4) is 0 Å². The molecule has 0 fully saturated rings. The third kappa shape index (κ3) is 3.75. The number of benzene rings is 4. The first-order valence-electron chi connectivity index (χ1n) is 12.5. The van der Waals surface area contributed by atoms with Crippen LogP contribution in [0, 0.1) is 40.9 Å². The molecular weight excluding hydrogens is 464 g/mol. The predicted octanol–water partition coefficient (Wildman–Crippen LogP) is 7.87. The van der Waals surface area contributed by atoms with E-state index in [-0.39, 0.29) is 0 Å². The largest absolute Gasteiger partial charge is 0.313 e. The highest BCUT2D eigenvalue weighted by molar-refractivity contribution is 5.95. The Hall–Kier alpha value is -5.37. The molecule has 0 N–H and O–H groups in total. The highest BCUT2D eigenvalue weighted by Crippen LogP contribution is 2.37. The van der Waals surface area contributed by atoms with E-state index in [9.17, 15) is 15.8 Å². The first kappa shape index (κ1) is 23.1. The molecule has 0 amide bonds. The Kier molecular flexibility index (Phi) is 5.61. The van der Waals surface area contributed by atoms with Gasteiger partial charge in [0.05, 0.1) is 34.9 Å². The number of aryl methyl sites for hydroxylation is 1. The van der Waals surface area contributed by atoms with E-state index < -0.39 is 0 Å². The summed E-state index contributed by atoms with van der Waals surface area (Å²) >= 11 is 0. The third-order valence-electron chi connectivity index (χ3n) is 7.36. The molecule has 1 aliphatic rings. The number of hydrogen-bond donors (Lipinski definition) is 0. The van der Waals surface area contributed by atoms with Crippen molar-refractivity contribution in [2.75, 3.05) is 0 Å². The second-order valence-corrected chi connectivity index (χ2v) is 9.55. The standard InChI is InChI=1S/C34H22N4/c1-22-4-2-3-5-29(22)26-10-13-30(27(18-26)21-37)25-8-11-28(12-9-25)38-33-14-6-23(19-35)16-31(33)32-17-24(20-36)7-15-34(32)38/h2-6,8-14,16-18H,7,15H2,1H3. The summed E-state index contributed by atoms with van der Waals surface area (Å²) in [6.07, 6.45) is 3.41. The van der Waals surface area contributed by atoms with Crippen LogP contribution in [0.5, 0.6) is 0 Å². The topological polar surface area (TPSA) is 76.3 Å². The molecule has 6 rings (SSSR count). The van der Waals surface area contributed by atoms with Gasteiger partial charge in [0.1, 0.15) is 0 Å². The molecule has 4 heteroatoms. The van der Waals surface area contributed by atoms with E-state index >= 15 is 0 Å². The van der Waals surface area contributed by atoms with E-state index in [1.165, 1.54) is 5.56 Å². The monoisotopic (exact) mass is 486 g/mol. The van der Waals surface area contributed by atoms with Crippen molar-refractivity contribution in [2.24, 2.45) is 0 Å². The van der Waals surface area contributed by atoms with Gasteiger partial charge in [-0.3, -0.25) is 0 Å². The van der Waals surface area contributed by atoms with Crippen molar-refractivity contribution in [1.29, 1.82) is 15.8 Å². The van der Waals surface area contributed by atoms with E-state index in [0.717, 1.165) is 62.1 Å². The van der Waals surface area contributed by atoms with E-state index in [4.69, 9.17) is 0 Å². The summed E-state index contributed by atoms with van der Waals surface area (Å²) in [4.78, 5) is 0. The molecule has 1 aromatic heterocycles. The van der Waals surface area contributed by atoms with E-state index in [1.807, 2.05) is 48.5 Å². The minimum atomic E-state index is 0.600. The maximum atomic E-state index is 9.96. The zero-order valence-electron chi connectivity index (χ0n) is 20.9. The molecule has 0 spiro atoms. The molecule has 0 atom stereocenters. The van der Waals surface area contributed by atoms with Crippen LogP contribution in [0.15, 0.2) is 90.5 Å². The van der Waals surface area contributed by atoms with Gasteiger partial charge in [0.2, 0.25) is 0 Å². The molecule has 0 radical (unpaired) electrons. The van der Waals surface area contributed by atoms with Gasteiger partial charge in [-0.05, 0) is 90.1 Å². The maximum Gasteiger partial charge on any atom is 0.0998 e. The van der Waals surface area contributed by atoms with Crippen LogP contribution in [0.25, 0.3) is 44.9 Å². The average molecular weight is 487 g/mol. The Morgan fingerprint density at radius 3 is 2.24 bits per heavy atom. The normalized spacial score (nSPS) is 12.2. The van der Waals surface area contributed by atoms with Gasteiger partial charge in [-0.25, -0.2) is 0 Å². The third-order valence-corrected chi connectivity index (χ3v) is 7.36. The zero-order chi connectivity index (χ0) is 26.2. The molecule has 0 unspecified atom stereocenters. The van der Waals surface area contributed by atoms with Gasteiger partial charge in [0.25, 0.3) is 0 Å². The second kappa shape index (κ2) is 9.25. The van der Waals surface area contributed by atoms with Crippen molar-refractivity contribution in [2.45, 2.75) is 19.8 Å². The van der Waals surface area contributed by atoms with Crippen LogP contribution < -0.4 is 0 Å². The van der Waals surface area contributed by atoms with Crippen LogP contribution in [0.2, 0.25) is 0 Å². The molecule has 1 aliphatic carbocycles. The minimum Gasteiger partial charge on any atom is -0.313 e. The summed E-state index contributed by atoms with van der Waals surface area (Å²) in [6.45, 7) is 2.08. The smallest absolute Gasteiger partial charge is 0.0998 e. The van der Waals surface area contributed by atoms with Crippen molar-refractivity contribution < 1.29 is 0 Å². The number of rotatable bonds is 3. The first-order valence-corrected chi connectivity index (χ1v) is 12.5. The van der Waals surface area contributed by atoms with Crippen LogP contribution >= 0.6 is 0 Å². The van der Waals surface area contributed by atoms with E-state index in [1.54, 1.807) is 0 Å². The molecule has 178 valence electrons. The fourth-order valence-corrected chi connectivity index (χ4v) is 5.47. The minimum absolute atomic E-state index is 0.600. The van der Waals surface area contributed by atoms with Gasteiger partial charge in [-0.1, -0.05) is 48.5 Å². The lowest BCUT2D eigenvalue weighted by Crippen LogP contribution is -2.04. The van der Waals surface area contributed by atoms with Gasteiger partial charge in [0.15, 0.2) is 0 Å². The van der Waals surface area contributed by atoms with Crippen molar-refractivity contribution >= 4 is 17.0 Å². The van der Waals surface area contributed by atoms with Gasteiger partial charge in [0, 0.05) is 27.9 Å². The van der Waals surface area contributed by atoms with Crippen molar-refractivity contribution in [3.05, 3.63) is 118 Å². The molecule has 0 saturated heterocycles. The summed E-state index contributed by atoms with van der Waals surface area (Å²) in [5.41, 5.74) is 11.4. The van der Waals surface area contributed by atoms with Crippen LogP contribution in [-0.4, -0.2) is 4.57 Å². The number of hydrogen-bond acceptors (Lipinski definition) is 3. The fourth-order valence-electron chi connectivity index (χ4n) is 5.47. The maximum absolute atomic E-state index is 9.96. The van der Waals surface area contributed by atoms with Crippen LogP contribution in [-0.2, 0) is 6.42 Å². The molecule has 0 bridgehead atoms. The second-order valence-electron chi connectivity index (χ2n) is 9.55. The van der Waals surface area contributed by atoms with Crippen molar-refractivity contribution in [3.8, 4) is 46.1 Å². The molecule has 0 saturated carbocycles. The molecule has 4 nitrogen and oxygen atoms in total. The Morgan fingerprint density at radius 2 is 1.50 bits per heavy atom. The average Bonchev–Trinajstić information content (AvgIpc) is 3.30. The molecule has 4 aromatic carbocycles.